The summed E-state index contributed by atoms with van der Waals surface area (Å²) in [6.07, 6.45) is 24.3. The number of fused-ring (bicyclic) bond motifs is 20. The summed E-state index contributed by atoms with van der Waals surface area (Å²) in [5, 5.41) is 38.5. The molecule has 8 bridgehead atoms. The quantitative estimate of drug-likeness (QED) is 0.0277. The molecule has 4 saturated carbocycles. The molecule has 0 aromatic rings. The topological polar surface area (TPSA) is 174 Å². The summed E-state index contributed by atoms with van der Waals surface area (Å²) in [6, 6.07) is 0. The second-order valence-corrected chi connectivity index (χ2v) is 26.0. The Bertz CT molecular complexity index is 1390. The van der Waals surface area contributed by atoms with Crippen molar-refractivity contribution in [2.75, 3.05) is 52.9 Å². The third kappa shape index (κ3) is 16.4. The Kier molecular flexibility index (Phi) is 28.6. The Morgan fingerprint density at radius 2 is 0.420 bits per heavy atom. The molecule has 24 unspecified atom stereocenters. The van der Waals surface area contributed by atoms with Crippen LogP contribution in [0.15, 0.2) is 0 Å². The van der Waals surface area contributed by atoms with Gasteiger partial charge in [-0.1, -0.05) is 131 Å². The van der Waals surface area contributed by atoms with Crippen LogP contribution in [-0.2, 0) is 57.4 Å². The van der Waals surface area contributed by atoms with Gasteiger partial charge < -0.3 is 64.5 Å². The number of rotatable bonds is 32. The van der Waals surface area contributed by atoms with Crippen LogP contribution < -0.4 is 31.9 Å². The maximum absolute atomic E-state index is 7.13. The molecule has 6 N–H and O–H groups in total. The fraction of sp³-hybridized carbons (Fsp3) is 1.00. The summed E-state index contributed by atoms with van der Waals surface area (Å²) < 4.78 is 57.0. The second kappa shape index (κ2) is 34.7. The van der Waals surface area contributed by atoms with Crippen molar-refractivity contribution in [1.29, 1.82) is 0 Å². The van der Waals surface area contributed by atoms with E-state index in [9.17, 15) is 0 Å². The van der Waals surface area contributed by atoms with Crippen molar-refractivity contribution in [1.82, 2.24) is 31.9 Å². The third-order valence-electron chi connectivity index (χ3n) is 20.6. The molecule has 9 fully saturated rings. The number of unbranched alkanes of at least 4 members (excludes halogenated alkanes) is 8. The Balaban J connectivity index is 0.00000860. The van der Waals surface area contributed by atoms with Crippen LogP contribution in [0, 0.1) is 47.3 Å². The van der Waals surface area contributed by atoms with Crippen LogP contribution in [0.5, 0.6) is 0 Å². The van der Waals surface area contributed by atoms with E-state index in [-0.39, 0.29) is 165 Å². The van der Waals surface area contributed by atoms with E-state index >= 15 is 0 Å². The molecule has 0 aromatic heterocycles. The number of nitrogens with one attached hydrogen (secondary N) is 6. The van der Waals surface area contributed by atoms with Crippen molar-refractivity contribution in [3.63, 3.8) is 0 Å². The van der Waals surface area contributed by atoms with Gasteiger partial charge in [0.1, 0.15) is 0 Å². The maximum Gasteiger partial charge on any atom is 2.00 e. The number of ether oxygens (including phenoxy) is 8. The Hall–Kier alpha value is -0.0166. The standard InChI is InChI=1S/C64H118N8O8.Zn/c1-9-17-33-73-41-25-26-42(74-34-18-10-2)50-49(41)57-65-58(50)70-60-53-45(77-37-21-13-5)29-30-46(78-38-22-14-6)54(53)62(67-60)72-64-56-48(80-40-24-16-8)32-31-47(79-39-23-15-7)55(56)63(68-64)71-61-52-44(76-36-20-12-4)28-27-43(75-35-19-11-3)51(52)59(66-61)69-57;/h41-66,69-72H,9-40H2,1-8H3;/q-2;+2. The SMILES string of the molecule is CCCCOC1CCC(OCCCC)C2C3[N-]C(NC4[N-]C(NC5NC(NC6NC(N3)C3C(OCCCC)CCC(OCCCC)C63)C3C(OCCCC)CCC(OCCCC)C53)C3C(OCCCC)CCC(OCCCC)C43)C12.[Zn+2]. The van der Waals surface area contributed by atoms with Crippen LogP contribution in [0.3, 0.4) is 0 Å². The van der Waals surface area contributed by atoms with Gasteiger partial charge in [-0.2, -0.15) is 0 Å². The molecule has 464 valence electrons. The van der Waals surface area contributed by atoms with Gasteiger partial charge in [-0.15, -0.1) is 0 Å². The summed E-state index contributed by atoms with van der Waals surface area (Å²) in [5.41, 5.74) is 0. The summed E-state index contributed by atoms with van der Waals surface area (Å²) >= 11 is 0. The maximum atomic E-state index is 7.13. The first-order valence-corrected chi connectivity index (χ1v) is 34.3. The van der Waals surface area contributed by atoms with E-state index in [0.29, 0.717) is 0 Å². The van der Waals surface area contributed by atoms with E-state index < -0.39 is 0 Å². The average molecular weight is 1190 g/mol. The Morgan fingerprint density at radius 1 is 0.247 bits per heavy atom. The smallest absolute Gasteiger partial charge is 0.632 e. The van der Waals surface area contributed by atoms with Gasteiger partial charge >= 0.3 is 19.5 Å². The molecule has 0 spiro atoms. The average Bonchev–Trinajstić information content (AvgIpc) is 4.36. The molecule has 0 aromatic carbocycles. The molecule has 81 heavy (non-hydrogen) atoms. The van der Waals surface area contributed by atoms with Gasteiger partial charge in [0.25, 0.3) is 0 Å². The van der Waals surface area contributed by atoms with E-state index in [0.717, 1.165) is 207 Å². The van der Waals surface area contributed by atoms with Crippen molar-refractivity contribution in [3.05, 3.63) is 10.6 Å². The number of hydrogen-bond acceptors (Lipinski definition) is 14. The first kappa shape index (κ1) is 66.9. The molecule has 24 atom stereocenters. The van der Waals surface area contributed by atoms with Gasteiger partial charge in [0.15, 0.2) is 0 Å². The minimum atomic E-state index is -0.214. The first-order valence-electron chi connectivity index (χ1n) is 34.3. The summed E-state index contributed by atoms with van der Waals surface area (Å²) in [6.45, 7) is 24.3. The van der Waals surface area contributed by atoms with Crippen LogP contribution >= 0.6 is 0 Å². The fourth-order valence-electron chi connectivity index (χ4n) is 16.4. The second-order valence-electron chi connectivity index (χ2n) is 26.0. The number of hydrogen-bond donors (Lipinski definition) is 6. The molecule has 4 aliphatic carbocycles. The van der Waals surface area contributed by atoms with Gasteiger partial charge in [0, 0.05) is 76.5 Å². The molecular formula is C64H118N8O8Zn. The van der Waals surface area contributed by atoms with Crippen molar-refractivity contribution in [2.45, 2.75) is 308 Å². The van der Waals surface area contributed by atoms with Crippen LogP contribution in [0.1, 0.15) is 209 Å². The molecule has 0 amide bonds. The van der Waals surface area contributed by atoms with Crippen LogP contribution in [0.25, 0.3) is 10.6 Å². The molecular weight excluding hydrogens is 1070 g/mol. The minimum absolute atomic E-state index is 0. The predicted molar refractivity (Wildman–Crippen MR) is 318 cm³/mol. The van der Waals surface area contributed by atoms with Gasteiger partial charge in [0.2, 0.25) is 0 Å². The summed E-state index contributed by atoms with van der Waals surface area (Å²) in [5.74, 6) is 0.935. The zero-order chi connectivity index (χ0) is 55.8. The van der Waals surface area contributed by atoms with Crippen LogP contribution in [0.4, 0.5) is 0 Å². The zero-order valence-corrected chi connectivity index (χ0v) is 55.3. The normalized spacial score (nSPS) is 41.8. The van der Waals surface area contributed by atoms with Gasteiger partial charge in [-0.25, -0.2) is 0 Å². The zero-order valence-electron chi connectivity index (χ0n) is 52.4. The van der Waals surface area contributed by atoms with E-state index in [2.05, 4.69) is 87.3 Å². The number of nitrogens with zero attached hydrogens (tertiary/aromatic N) is 2. The van der Waals surface area contributed by atoms with Gasteiger partial charge in [-0.05, 0) is 126 Å². The monoisotopic (exact) mass is 1190 g/mol. The molecule has 9 rings (SSSR count). The third-order valence-corrected chi connectivity index (χ3v) is 20.6. The van der Waals surface area contributed by atoms with Crippen molar-refractivity contribution in [2.24, 2.45) is 47.3 Å². The van der Waals surface area contributed by atoms with Crippen molar-refractivity contribution < 1.29 is 57.4 Å². The van der Waals surface area contributed by atoms with Crippen molar-refractivity contribution in [3.8, 4) is 0 Å². The molecule has 0 radical (unpaired) electrons. The van der Waals surface area contributed by atoms with E-state index in [1.807, 2.05) is 0 Å². The molecule has 5 saturated heterocycles. The van der Waals surface area contributed by atoms with E-state index in [1.54, 1.807) is 0 Å². The fourth-order valence-corrected chi connectivity index (χ4v) is 16.4. The molecule has 9 aliphatic rings. The molecule has 17 heteroatoms. The molecule has 5 heterocycles. The van der Waals surface area contributed by atoms with Gasteiger partial charge in [0.05, 0.1) is 73.5 Å². The van der Waals surface area contributed by atoms with Gasteiger partial charge in [-0.3, -0.25) is 16.0 Å². The van der Waals surface area contributed by atoms with Crippen LogP contribution in [0.2, 0.25) is 0 Å². The van der Waals surface area contributed by atoms with E-state index in [1.165, 1.54) is 0 Å². The summed E-state index contributed by atoms with van der Waals surface area (Å²) in [4.78, 5) is 0. The minimum Gasteiger partial charge on any atom is -0.632 e. The Morgan fingerprint density at radius 3 is 0.617 bits per heavy atom. The van der Waals surface area contributed by atoms with Crippen molar-refractivity contribution >= 4 is 0 Å². The molecule has 16 nitrogen and oxygen atoms in total. The largest absolute Gasteiger partial charge is 2.00 e. The molecule has 5 aliphatic heterocycles. The predicted octanol–water partition coefficient (Wildman–Crippen LogP) is 10.5. The summed E-state index contributed by atoms with van der Waals surface area (Å²) in [7, 11) is 0. The first-order chi connectivity index (χ1) is 39.4. The van der Waals surface area contributed by atoms with Crippen LogP contribution in [-0.4, -0.2) is 151 Å². The van der Waals surface area contributed by atoms with E-state index in [4.69, 9.17) is 48.5 Å². The Labute approximate surface area is 505 Å².